The molecule has 9 nitrogen and oxygen atoms in total. The highest BCUT2D eigenvalue weighted by molar-refractivity contribution is 7.89. The standard InChI is InChI=1S/C11H14N2O7S/c1-19-10(15)8-6-7(2-3-9(8)14)21(17,18)13-4-5-20-11(12)16/h2-3,6,13-14H,4-5H2,1H3,(H2,12,16). The van der Waals surface area contributed by atoms with Crippen LogP contribution >= 0.6 is 0 Å². The number of carbonyl (C=O) groups is 2. The number of methoxy groups -OCH3 is 1. The van der Waals surface area contributed by atoms with Crippen molar-refractivity contribution >= 4 is 22.1 Å². The van der Waals surface area contributed by atoms with Gasteiger partial charge in [0.25, 0.3) is 0 Å². The van der Waals surface area contributed by atoms with Gasteiger partial charge in [-0.25, -0.2) is 22.7 Å². The van der Waals surface area contributed by atoms with Crippen LogP contribution in [0.1, 0.15) is 10.4 Å². The maximum absolute atomic E-state index is 11.9. The number of benzene rings is 1. The number of hydrogen-bond acceptors (Lipinski definition) is 7. The first-order valence-electron chi connectivity index (χ1n) is 5.61. The fraction of sp³-hybridized carbons (Fsp3) is 0.273. The number of amides is 1. The molecule has 0 bridgehead atoms. The molecule has 0 fully saturated rings. The van der Waals surface area contributed by atoms with Crippen molar-refractivity contribution in [2.24, 2.45) is 5.73 Å². The Kier molecular flexibility index (Phi) is 5.50. The molecule has 1 rings (SSSR count). The van der Waals surface area contributed by atoms with Gasteiger partial charge in [-0.05, 0) is 18.2 Å². The Morgan fingerprint density at radius 1 is 1.38 bits per heavy atom. The molecule has 0 spiro atoms. The lowest BCUT2D eigenvalue weighted by Gasteiger charge is -2.09. The van der Waals surface area contributed by atoms with Gasteiger partial charge in [-0.2, -0.15) is 0 Å². The maximum Gasteiger partial charge on any atom is 0.404 e. The van der Waals surface area contributed by atoms with Crippen molar-refractivity contribution in [1.29, 1.82) is 0 Å². The van der Waals surface area contributed by atoms with Crippen molar-refractivity contribution in [3.05, 3.63) is 23.8 Å². The highest BCUT2D eigenvalue weighted by Crippen LogP contribution is 2.21. The van der Waals surface area contributed by atoms with Gasteiger partial charge in [0.1, 0.15) is 17.9 Å². The van der Waals surface area contributed by atoms with Crippen molar-refractivity contribution in [2.45, 2.75) is 4.90 Å². The topological polar surface area (TPSA) is 145 Å². The molecule has 0 atom stereocenters. The Hall–Kier alpha value is -2.33. The number of aromatic hydroxyl groups is 1. The molecule has 1 aromatic carbocycles. The summed E-state index contributed by atoms with van der Waals surface area (Å²) in [7, 11) is -2.84. The number of phenols is 1. The van der Waals surface area contributed by atoms with E-state index in [1.807, 2.05) is 0 Å². The van der Waals surface area contributed by atoms with Crippen LogP contribution in [0.25, 0.3) is 0 Å². The van der Waals surface area contributed by atoms with E-state index >= 15 is 0 Å². The minimum Gasteiger partial charge on any atom is -0.507 e. The molecule has 0 heterocycles. The third-order valence-electron chi connectivity index (χ3n) is 2.32. The summed E-state index contributed by atoms with van der Waals surface area (Å²) in [4.78, 5) is 21.5. The monoisotopic (exact) mass is 318 g/mol. The molecule has 116 valence electrons. The molecular weight excluding hydrogens is 304 g/mol. The molecule has 0 unspecified atom stereocenters. The fourth-order valence-electron chi connectivity index (χ4n) is 1.37. The zero-order chi connectivity index (χ0) is 16.0. The normalized spacial score (nSPS) is 10.9. The lowest BCUT2D eigenvalue weighted by molar-refractivity contribution is 0.0597. The molecule has 4 N–H and O–H groups in total. The number of rotatable bonds is 6. The summed E-state index contributed by atoms with van der Waals surface area (Å²) in [6, 6.07) is 3.14. The number of ether oxygens (including phenoxy) is 2. The predicted octanol–water partition coefficient (Wildman–Crippen LogP) is -0.448. The summed E-state index contributed by atoms with van der Waals surface area (Å²) < 4.78 is 34.8. The lowest BCUT2D eigenvalue weighted by Crippen LogP contribution is -2.29. The van der Waals surface area contributed by atoms with Gasteiger partial charge in [-0.15, -0.1) is 0 Å². The summed E-state index contributed by atoms with van der Waals surface area (Å²) in [5, 5.41) is 9.49. The number of nitrogens with two attached hydrogens (primary N) is 1. The van der Waals surface area contributed by atoms with Crippen molar-refractivity contribution < 1.29 is 32.6 Å². The van der Waals surface area contributed by atoms with Gasteiger partial charge < -0.3 is 20.3 Å². The fourth-order valence-corrected chi connectivity index (χ4v) is 2.41. The molecule has 1 aromatic rings. The molecule has 0 aromatic heterocycles. The third-order valence-corrected chi connectivity index (χ3v) is 3.78. The summed E-state index contributed by atoms with van der Waals surface area (Å²) in [6.45, 7) is -0.434. The quantitative estimate of drug-likeness (QED) is 0.476. The van der Waals surface area contributed by atoms with E-state index in [1.54, 1.807) is 0 Å². The van der Waals surface area contributed by atoms with Crippen LogP contribution in [0.5, 0.6) is 5.75 Å². The molecule has 0 saturated carbocycles. The number of carbonyl (C=O) groups excluding carboxylic acids is 2. The number of sulfonamides is 1. The number of esters is 1. The van der Waals surface area contributed by atoms with Gasteiger partial charge in [-0.1, -0.05) is 0 Å². The molecule has 10 heteroatoms. The average Bonchev–Trinajstić information content (AvgIpc) is 2.43. The third kappa shape index (κ3) is 4.61. The van der Waals surface area contributed by atoms with E-state index in [-0.39, 0.29) is 23.6 Å². The van der Waals surface area contributed by atoms with Gasteiger partial charge in [0, 0.05) is 6.54 Å². The number of phenolic OH excluding ortho intramolecular Hbond substituents is 1. The second-order valence-electron chi connectivity index (χ2n) is 3.74. The Bertz CT molecular complexity index is 642. The predicted molar refractivity (Wildman–Crippen MR) is 70.2 cm³/mol. The van der Waals surface area contributed by atoms with Crippen molar-refractivity contribution in [1.82, 2.24) is 4.72 Å². The van der Waals surface area contributed by atoms with Gasteiger partial charge in [0.05, 0.1) is 12.0 Å². The maximum atomic E-state index is 11.9. The second-order valence-corrected chi connectivity index (χ2v) is 5.50. The first kappa shape index (κ1) is 16.7. The van der Waals surface area contributed by atoms with Crippen molar-refractivity contribution in [3.63, 3.8) is 0 Å². The van der Waals surface area contributed by atoms with Crippen LogP contribution in [0, 0.1) is 0 Å². The second kappa shape index (κ2) is 6.90. The Morgan fingerprint density at radius 3 is 2.62 bits per heavy atom. The number of hydrogen-bond donors (Lipinski definition) is 3. The largest absolute Gasteiger partial charge is 0.507 e. The summed E-state index contributed by atoms with van der Waals surface area (Å²) in [5.74, 6) is -1.28. The average molecular weight is 318 g/mol. The first-order valence-corrected chi connectivity index (χ1v) is 7.09. The van der Waals surface area contributed by atoms with E-state index < -0.39 is 27.8 Å². The SMILES string of the molecule is COC(=O)c1cc(S(=O)(=O)NCCOC(N)=O)ccc1O. The van der Waals surface area contributed by atoms with E-state index in [2.05, 4.69) is 14.2 Å². The molecule has 0 radical (unpaired) electrons. The van der Waals surface area contributed by atoms with Gasteiger partial charge in [-0.3, -0.25) is 0 Å². The Morgan fingerprint density at radius 2 is 2.05 bits per heavy atom. The number of nitrogens with one attached hydrogen (secondary N) is 1. The lowest BCUT2D eigenvalue weighted by atomic mass is 10.2. The highest BCUT2D eigenvalue weighted by Gasteiger charge is 2.19. The van der Waals surface area contributed by atoms with Crippen molar-refractivity contribution in [3.8, 4) is 5.75 Å². The van der Waals surface area contributed by atoms with E-state index in [0.29, 0.717) is 0 Å². The van der Waals surface area contributed by atoms with Gasteiger partial charge in [0.15, 0.2) is 0 Å². The minimum absolute atomic E-state index is 0.195. The number of primary amides is 1. The van der Waals surface area contributed by atoms with Crippen molar-refractivity contribution in [2.75, 3.05) is 20.3 Å². The summed E-state index contributed by atoms with van der Waals surface area (Å²) >= 11 is 0. The van der Waals surface area contributed by atoms with E-state index in [9.17, 15) is 23.1 Å². The van der Waals surface area contributed by atoms with E-state index in [0.717, 1.165) is 25.3 Å². The van der Waals surface area contributed by atoms with Crippen LogP contribution in [0.2, 0.25) is 0 Å². The van der Waals surface area contributed by atoms with Crippen LogP contribution in [-0.2, 0) is 19.5 Å². The smallest absolute Gasteiger partial charge is 0.404 e. The Balaban J connectivity index is 2.88. The van der Waals surface area contributed by atoms with E-state index in [1.165, 1.54) is 0 Å². The minimum atomic E-state index is -3.94. The highest BCUT2D eigenvalue weighted by atomic mass is 32.2. The molecule has 0 saturated heterocycles. The molecule has 0 aliphatic carbocycles. The zero-order valence-electron chi connectivity index (χ0n) is 11.0. The molecular formula is C11H14N2O7S. The van der Waals surface area contributed by atoms with Crippen LogP contribution in [0.4, 0.5) is 4.79 Å². The van der Waals surface area contributed by atoms with Gasteiger partial charge >= 0.3 is 12.1 Å². The van der Waals surface area contributed by atoms with Crippen LogP contribution in [0.3, 0.4) is 0 Å². The molecule has 1 amide bonds. The molecule has 21 heavy (non-hydrogen) atoms. The Labute approximate surface area is 120 Å². The van der Waals surface area contributed by atoms with Gasteiger partial charge in [0.2, 0.25) is 10.0 Å². The van der Waals surface area contributed by atoms with Crippen LogP contribution in [-0.4, -0.2) is 45.8 Å². The zero-order valence-corrected chi connectivity index (χ0v) is 11.8. The van der Waals surface area contributed by atoms with Crippen LogP contribution < -0.4 is 10.5 Å². The first-order chi connectivity index (χ1) is 9.77. The summed E-state index contributed by atoms with van der Waals surface area (Å²) in [5.41, 5.74) is 4.44. The summed E-state index contributed by atoms with van der Waals surface area (Å²) in [6.07, 6.45) is -1.02. The van der Waals surface area contributed by atoms with Crippen LogP contribution in [0.15, 0.2) is 23.1 Å². The molecule has 0 aliphatic heterocycles. The molecule has 0 aliphatic rings. The van der Waals surface area contributed by atoms with E-state index in [4.69, 9.17) is 5.73 Å².